The summed E-state index contributed by atoms with van der Waals surface area (Å²) in [6, 6.07) is 16.8. The van der Waals surface area contributed by atoms with Crippen molar-refractivity contribution in [3.05, 3.63) is 84.3 Å². The number of methoxy groups -OCH3 is 1. The molecule has 1 unspecified atom stereocenters. The number of piperazine rings is 1. The lowest BCUT2D eigenvalue weighted by molar-refractivity contribution is -0.00815. The number of aromatic amines is 1. The molecule has 2 N–H and O–H groups in total. The number of nitrogens with zero attached hydrogens (tertiary/aromatic N) is 3. The Labute approximate surface area is 223 Å². The molecule has 8 nitrogen and oxygen atoms in total. The molecule has 2 aromatic heterocycles. The van der Waals surface area contributed by atoms with Gasteiger partial charge in [-0.2, -0.15) is 0 Å². The zero-order chi connectivity index (χ0) is 27.5. The molecule has 8 heteroatoms. The molecule has 4 aromatic rings. The predicted molar refractivity (Wildman–Crippen MR) is 151 cm³/mol. The summed E-state index contributed by atoms with van der Waals surface area (Å²) in [6.45, 7) is 7.52. The van der Waals surface area contributed by atoms with Crippen molar-refractivity contribution in [2.24, 2.45) is 0 Å². The molecule has 0 aliphatic carbocycles. The molecule has 1 fully saturated rings. The Morgan fingerprint density at radius 1 is 1.08 bits per heavy atom. The van der Waals surface area contributed by atoms with Gasteiger partial charge in [0.2, 0.25) is 0 Å². The van der Waals surface area contributed by atoms with E-state index in [-0.39, 0.29) is 12.0 Å². The fourth-order valence-electron chi connectivity index (χ4n) is 4.15. The van der Waals surface area contributed by atoms with Gasteiger partial charge in [0, 0.05) is 67.0 Å². The summed E-state index contributed by atoms with van der Waals surface area (Å²) in [6.07, 6.45) is 5.83. The molecule has 1 aliphatic heterocycles. The second-order valence-electron chi connectivity index (χ2n) is 9.07. The fraction of sp³-hybridized carbons (Fsp3) is 0.300. The molecule has 3 heterocycles. The van der Waals surface area contributed by atoms with Crippen LogP contribution in [0.15, 0.2) is 73.2 Å². The number of likely N-dealkylation sites (N-methyl/N-ethyl adjacent to an activating group) is 1. The van der Waals surface area contributed by atoms with Crippen LogP contribution in [-0.2, 0) is 0 Å². The summed E-state index contributed by atoms with van der Waals surface area (Å²) >= 11 is 0. The highest BCUT2D eigenvalue weighted by molar-refractivity contribution is 6.12. The van der Waals surface area contributed by atoms with Crippen LogP contribution in [0.1, 0.15) is 34.6 Å². The first kappa shape index (κ1) is 28.7. The Morgan fingerprint density at radius 3 is 2.32 bits per heavy atom. The average Bonchev–Trinajstić information content (AvgIpc) is 3.40. The molecule has 0 amide bonds. The summed E-state index contributed by atoms with van der Waals surface area (Å²) in [5.41, 5.74) is 4.26. The minimum Gasteiger partial charge on any atom is -0.496 e. The van der Waals surface area contributed by atoms with E-state index < -0.39 is 0 Å². The van der Waals surface area contributed by atoms with Crippen molar-refractivity contribution < 1.29 is 19.4 Å². The van der Waals surface area contributed by atoms with Gasteiger partial charge in [-0.3, -0.25) is 19.5 Å². The number of fused-ring (bicyclic) bond motifs is 1. The lowest BCUT2D eigenvalue weighted by Gasteiger charge is -2.33. The number of hydrogen-bond acceptors (Lipinski definition) is 7. The number of benzene rings is 2. The van der Waals surface area contributed by atoms with E-state index in [1.807, 2.05) is 49.4 Å². The largest absolute Gasteiger partial charge is 0.496 e. The number of Topliss-reactive ketones (excluding diaryl/α,β-unsaturated/α-hetero) is 1. The van der Waals surface area contributed by atoms with E-state index in [9.17, 15) is 14.7 Å². The van der Waals surface area contributed by atoms with Crippen LogP contribution in [0.2, 0.25) is 0 Å². The van der Waals surface area contributed by atoms with Crippen LogP contribution in [0, 0.1) is 0 Å². The van der Waals surface area contributed by atoms with Crippen LogP contribution in [0.25, 0.3) is 22.0 Å². The number of aliphatic hydroxyl groups is 1. The Hall–Kier alpha value is -3.85. The number of aldehydes is 1. The molecular formula is C30H36N4O4. The zero-order valence-corrected chi connectivity index (χ0v) is 22.4. The van der Waals surface area contributed by atoms with Crippen molar-refractivity contribution in [1.82, 2.24) is 19.8 Å². The van der Waals surface area contributed by atoms with Crippen molar-refractivity contribution in [3.63, 3.8) is 0 Å². The maximum Gasteiger partial charge on any atom is 0.162 e. The maximum atomic E-state index is 11.7. The highest BCUT2D eigenvalue weighted by Crippen LogP contribution is 2.36. The normalized spacial score (nSPS) is 14.4. The summed E-state index contributed by atoms with van der Waals surface area (Å²) in [4.78, 5) is 33.4. The Balaban J connectivity index is 0.000000185. The smallest absolute Gasteiger partial charge is 0.162 e. The number of aromatic nitrogens is 2. The number of carbonyl (C=O) groups is 2. The third-order valence-electron chi connectivity index (χ3n) is 6.37. The van der Waals surface area contributed by atoms with E-state index in [4.69, 9.17) is 4.74 Å². The minimum atomic E-state index is -0.270. The number of nitrogens with one attached hydrogen (secondary N) is 1. The Bertz CT molecular complexity index is 1300. The fourth-order valence-corrected chi connectivity index (χ4v) is 4.15. The van der Waals surface area contributed by atoms with Gasteiger partial charge in [-0.25, -0.2) is 0 Å². The van der Waals surface area contributed by atoms with E-state index in [0.29, 0.717) is 11.3 Å². The topological polar surface area (TPSA) is 98.8 Å². The Morgan fingerprint density at radius 2 is 1.79 bits per heavy atom. The molecule has 0 bridgehead atoms. The number of carbonyl (C=O) groups excluding carboxylic acids is 2. The van der Waals surface area contributed by atoms with E-state index in [0.717, 1.165) is 60.1 Å². The number of pyridine rings is 1. The van der Waals surface area contributed by atoms with Gasteiger partial charge in [0.25, 0.3) is 0 Å². The number of H-pyrrole nitrogens is 1. The second-order valence-corrected chi connectivity index (χ2v) is 9.07. The molecule has 0 radical (unpaired) electrons. The molecule has 2 aromatic carbocycles. The first-order chi connectivity index (χ1) is 18.3. The lowest BCUT2D eigenvalue weighted by atomic mass is 10.0. The minimum absolute atomic E-state index is 0.0119. The quantitative estimate of drug-likeness (QED) is 0.297. The molecular weight excluding hydrogens is 480 g/mol. The molecule has 0 spiro atoms. The van der Waals surface area contributed by atoms with Crippen LogP contribution in [0.3, 0.4) is 0 Å². The first-order valence-corrected chi connectivity index (χ1v) is 12.6. The number of ether oxygens (including phenoxy) is 1. The molecule has 5 rings (SSSR count). The number of ketones is 1. The SMILES string of the molecule is CC(O)N1CCN(C)CC1.COc1ccc(-c2cccnc2)c2[nH]cc(C(C)=O)c12.O=Cc1ccccc1. The van der Waals surface area contributed by atoms with Crippen molar-refractivity contribution in [1.29, 1.82) is 0 Å². The van der Waals surface area contributed by atoms with Crippen molar-refractivity contribution in [2.45, 2.75) is 20.1 Å². The van der Waals surface area contributed by atoms with Crippen LogP contribution in [-0.4, -0.2) is 83.5 Å². The third kappa shape index (κ3) is 7.58. The highest BCUT2D eigenvalue weighted by atomic mass is 16.5. The molecule has 38 heavy (non-hydrogen) atoms. The molecule has 1 atom stereocenters. The molecule has 200 valence electrons. The van der Waals surface area contributed by atoms with Gasteiger partial charge in [0.05, 0.1) is 18.0 Å². The van der Waals surface area contributed by atoms with Crippen LogP contribution >= 0.6 is 0 Å². The maximum absolute atomic E-state index is 11.7. The molecule has 1 saturated heterocycles. The number of aliphatic hydroxyl groups excluding tert-OH is 1. The predicted octanol–water partition coefficient (Wildman–Crippen LogP) is 4.51. The monoisotopic (exact) mass is 516 g/mol. The summed E-state index contributed by atoms with van der Waals surface area (Å²) in [5.74, 6) is 0.706. The zero-order valence-electron chi connectivity index (χ0n) is 22.4. The van der Waals surface area contributed by atoms with E-state index >= 15 is 0 Å². The summed E-state index contributed by atoms with van der Waals surface area (Å²) in [5, 5.41) is 9.99. The van der Waals surface area contributed by atoms with E-state index in [1.165, 1.54) is 0 Å². The van der Waals surface area contributed by atoms with Gasteiger partial charge in [0.1, 0.15) is 18.3 Å². The summed E-state index contributed by atoms with van der Waals surface area (Å²) in [7, 11) is 3.72. The second kappa shape index (κ2) is 14.2. The Kier molecular flexibility index (Phi) is 10.7. The number of rotatable bonds is 5. The highest BCUT2D eigenvalue weighted by Gasteiger charge is 2.17. The van der Waals surface area contributed by atoms with E-state index in [1.54, 1.807) is 44.8 Å². The summed E-state index contributed by atoms with van der Waals surface area (Å²) < 4.78 is 5.38. The molecule has 0 saturated carbocycles. The van der Waals surface area contributed by atoms with Crippen molar-refractivity contribution >= 4 is 23.0 Å². The van der Waals surface area contributed by atoms with Gasteiger partial charge in [-0.05, 0) is 39.1 Å². The average molecular weight is 517 g/mol. The standard InChI is InChI=1S/C16H14N2O2.C7H16N2O.C7H6O/c1-10(19)13-9-18-16-12(11-4-3-7-17-8-11)5-6-14(20-2)15(13)16;1-7(10)9-5-3-8(2)4-6-9;8-6-7-4-2-1-3-5-7/h3-9,18H,1-2H3;7,10H,3-6H2,1-2H3;1-6H. The van der Waals surface area contributed by atoms with E-state index in [2.05, 4.69) is 26.8 Å². The number of hydrogen-bond donors (Lipinski definition) is 2. The van der Waals surface area contributed by atoms with Gasteiger partial charge in [0.15, 0.2) is 5.78 Å². The van der Waals surface area contributed by atoms with Crippen LogP contribution in [0.4, 0.5) is 0 Å². The first-order valence-electron chi connectivity index (χ1n) is 12.6. The van der Waals surface area contributed by atoms with Gasteiger partial charge >= 0.3 is 0 Å². The molecule has 1 aliphatic rings. The van der Waals surface area contributed by atoms with Gasteiger partial charge in [-0.15, -0.1) is 0 Å². The van der Waals surface area contributed by atoms with Gasteiger partial charge in [-0.1, -0.05) is 36.4 Å². The van der Waals surface area contributed by atoms with Crippen molar-refractivity contribution in [3.8, 4) is 16.9 Å². The van der Waals surface area contributed by atoms with Crippen molar-refractivity contribution in [2.75, 3.05) is 40.3 Å². The third-order valence-corrected chi connectivity index (χ3v) is 6.37. The van der Waals surface area contributed by atoms with Gasteiger partial charge < -0.3 is 19.7 Å². The van der Waals surface area contributed by atoms with Crippen LogP contribution < -0.4 is 4.74 Å². The van der Waals surface area contributed by atoms with Crippen LogP contribution in [0.5, 0.6) is 5.75 Å². The lowest BCUT2D eigenvalue weighted by Crippen LogP contribution is -2.47.